The Balaban J connectivity index is 2.72. The first-order valence-electron chi connectivity index (χ1n) is 9.14. The Hall–Kier alpha value is -3.59. The predicted octanol–water partition coefficient (Wildman–Crippen LogP) is 1.89. The number of hydrogen-bond donors (Lipinski definition) is 2. The van der Waals surface area contributed by atoms with Crippen LogP contribution in [0.5, 0.6) is 5.75 Å². The second-order valence-electron chi connectivity index (χ2n) is 6.09. The molecule has 0 saturated heterocycles. The van der Waals surface area contributed by atoms with Gasteiger partial charge < -0.3 is 29.5 Å². The van der Waals surface area contributed by atoms with E-state index in [-0.39, 0.29) is 17.0 Å². The van der Waals surface area contributed by atoms with Crippen molar-refractivity contribution >= 4 is 29.2 Å². The maximum atomic E-state index is 12.6. The zero-order chi connectivity index (χ0) is 22.3. The Morgan fingerprint density at radius 2 is 1.83 bits per heavy atom. The van der Waals surface area contributed by atoms with Crippen LogP contribution in [0.1, 0.15) is 13.8 Å². The van der Waals surface area contributed by atoms with Crippen molar-refractivity contribution in [2.75, 3.05) is 31.0 Å². The molecule has 0 saturated carbocycles. The number of benzene rings is 1. The fourth-order valence-electron chi connectivity index (χ4n) is 2.66. The molecule has 0 aromatic heterocycles. The van der Waals surface area contributed by atoms with E-state index in [2.05, 4.69) is 5.32 Å². The van der Waals surface area contributed by atoms with Crippen molar-refractivity contribution in [3.63, 3.8) is 0 Å². The quantitative estimate of drug-likeness (QED) is 0.648. The molecule has 9 heteroatoms. The molecule has 1 amide bonds. The highest BCUT2D eigenvalue weighted by Crippen LogP contribution is 2.35. The van der Waals surface area contributed by atoms with Crippen molar-refractivity contribution in [3.8, 4) is 5.75 Å². The van der Waals surface area contributed by atoms with Crippen LogP contribution < -0.4 is 15.0 Å². The Morgan fingerprint density at radius 3 is 2.43 bits per heavy atom. The fourth-order valence-corrected chi connectivity index (χ4v) is 2.66. The summed E-state index contributed by atoms with van der Waals surface area (Å²) < 4.78 is 15.2. The number of aliphatic hydroxyl groups excluding tert-OH is 1. The third-order valence-electron chi connectivity index (χ3n) is 4.07. The molecule has 1 atom stereocenters. The molecule has 2 N–H and O–H groups in total. The zero-order valence-electron chi connectivity index (χ0n) is 17.2. The number of carbonyl (C=O) groups is 3. The third kappa shape index (κ3) is 5.06. The first-order chi connectivity index (χ1) is 14.3. The Labute approximate surface area is 174 Å². The number of allylic oxidation sites excluding steroid dienone is 2. The van der Waals surface area contributed by atoms with Crippen LogP contribution in [0, 0.1) is 0 Å². The summed E-state index contributed by atoms with van der Waals surface area (Å²) in [6.45, 7) is 3.53. The number of methoxy groups -OCH3 is 2. The topological polar surface area (TPSA) is 114 Å². The molecule has 30 heavy (non-hydrogen) atoms. The highest BCUT2D eigenvalue weighted by Gasteiger charge is 2.29. The van der Waals surface area contributed by atoms with Crippen LogP contribution in [0.15, 0.2) is 53.9 Å². The van der Waals surface area contributed by atoms with Crippen molar-refractivity contribution in [2.24, 2.45) is 0 Å². The zero-order valence-corrected chi connectivity index (χ0v) is 17.2. The summed E-state index contributed by atoms with van der Waals surface area (Å²) in [6.07, 6.45) is 4.87. The van der Waals surface area contributed by atoms with E-state index >= 15 is 0 Å². The van der Waals surface area contributed by atoms with Gasteiger partial charge in [0, 0.05) is 12.3 Å². The molecular weight excluding hydrogens is 392 g/mol. The molecule has 2 rings (SSSR count). The van der Waals surface area contributed by atoms with E-state index in [0.29, 0.717) is 18.0 Å². The lowest BCUT2D eigenvalue weighted by Gasteiger charge is -2.26. The van der Waals surface area contributed by atoms with Gasteiger partial charge in [-0.25, -0.2) is 9.59 Å². The smallest absolute Gasteiger partial charge is 0.355 e. The van der Waals surface area contributed by atoms with Gasteiger partial charge in [-0.15, -0.1) is 0 Å². The molecule has 0 aliphatic carbocycles. The van der Waals surface area contributed by atoms with Crippen LogP contribution in [0.25, 0.3) is 0 Å². The van der Waals surface area contributed by atoms with Crippen LogP contribution in [0.2, 0.25) is 0 Å². The number of aliphatic hydroxyl groups is 1. The molecule has 1 aromatic carbocycles. The van der Waals surface area contributed by atoms with Gasteiger partial charge in [0.25, 0.3) is 5.91 Å². The molecule has 1 unspecified atom stereocenters. The molecule has 0 fully saturated rings. The molecule has 0 radical (unpaired) electrons. The van der Waals surface area contributed by atoms with Crippen molar-refractivity contribution in [2.45, 2.75) is 20.0 Å². The minimum Gasteiger partial charge on any atom is -0.494 e. The maximum absolute atomic E-state index is 12.6. The number of esters is 2. The van der Waals surface area contributed by atoms with Gasteiger partial charge in [0.05, 0.1) is 37.8 Å². The number of nitrogens with one attached hydrogen (secondary N) is 1. The van der Waals surface area contributed by atoms with Crippen molar-refractivity contribution < 1.29 is 33.7 Å². The van der Waals surface area contributed by atoms with Gasteiger partial charge in [0.2, 0.25) is 0 Å². The summed E-state index contributed by atoms with van der Waals surface area (Å²) in [7, 11) is 2.39. The number of anilines is 2. The summed E-state index contributed by atoms with van der Waals surface area (Å²) in [4.78, 5) is 38.4. The number of carbonyl (C=O) groups excluding carboxylic acids is 3. The lowest BCUT2D eigenvalue weighted by atomic mass is 10.1. The lowest BCUT2D eigenvalue weighted by Crippen LogP contribution is -2.29. The van der Waals surface area contributed by atoms with Gasteiger partial charge in [-0.1, -0.05) is 6.08 Å². The van der Waals surface area contributed by atoms with Crippen LogP contribution in [-0.2, 0) is 23.9 Å². The monoisotopic (exact) mass is 416 g/mol. The van der Waals surface area contributed by atoms with Gasteiger partial charge in [0.15, 0.2) is 0 Å². The number of amides is 1. The molecule has 9 nitrogen and oxygen atoms in total. The summed E-state index contributed by atoms with van der Waals surface area (Å²) in [5, 5.41) is 12.2. The summed E-state index contributed by atoms with van der Waals surface area (Å²) in [5.41, 5.74) is 0.442. The third-order valence-corrected chi connectivity index (χ3v) is 4.07. The second-order valence-corrected chi connectivity index (χ2v) is 6.09. The first-order valence-corrected chi connectivity index (χ1v) is 9.14. The summed E-state index contributed by atoms with van der Waals surface area (Å²) >= 11 is 0. The van der Waals surface area contributed by atoms with E-state index in [9.17, 15) is 19.5 Å². The predicted molar refractivity (Wildman–Crippen MR) is 110 cm³/mol. The van der Waals surface area contributed by atoms with Crippen molar-refractivity contribution in [3.05, 3.63) is 53.9 Å². The molecule has 1 aromatic rings. The highest BCUT2D eigenvalue weighted by atomic mass is 16.5. The average molecular weight is 416 g/mol. The Morgan fingerprint density at radius 1 is 1.13 bits per heavy atom. The number of nitrogens with zero attached hydrogens (tertiary/aromatic N) is 1. The van der Waals surface area contributed by atoms with Crippen LogP contribution in [0.3, 0.4) is 0 Å². The number of rotatable bonds is 7. The lowest BCUT2D eigenvalue weighted by molar-refractivity contribution is -0.139. The Kier molecular flexibility index (Phi) is 7.76. The van der Waals surface area contributed by atoms with Gasteiger partial charge in [-0.3, -0.25) is 4.79 Å². The normalized spacial score (nSPS) is 14.1. The van der Waals surface area contributed by atoms with Gasteiger partial charge in [-0.2, -0.15) is 0 Å². The molecule has 1 aliphatic heterocycles. The summed E-state index contributed by atoms with van der Waals surface area (Å²) in [5.74, 6) is -1.71. The standard InChI is InChI=1S/C21H24N2O7/c1-5-30-14-9-10-16(22-19(25)13(2)24)17(12-14)23-11-7-6-8-15(20(26)28-3)18(23)21(27)29-4/h6-13,24H,5H2,1-4H3,(H,22,25). The first kappa shape index (κ1) is 22.7. The van der Waals surface area contributed by atoms with E-state index < -0.39 is 23.9 Å². The van der Waals surface area contributed by atoms with Crippen LogP contribution in [0.4, 0.5) is 11.4 Å². The molecular formula is C21H24N2O7. The number of hydrogen-bond acceptors (Lipinski definition) is 8. The largest absolute Gasteiger partial charge is 0.494 e. The van der Waals surface area contributed by atoms with Gasteiger partial charge in [-0.05, 0) is 38.1 Å². The summed E-state index contributed by atoms with van der Waals surface area (Å²) in [6, 6.07) is 4.79. The van der Waals surface area contributed by atoms with Gasteiger partial charge in [0.1, 0.15) is 17.6 Å². The van der Waals surface area contributed by atoms with E-state index in [1.54, 1.807) is 30.4 Å². The molecule has 0 bridgehead atoms. The van der Waals surface area contributed by atoms with E-state index in [4.69, 9.17) is 14.2 Å². The Bertz CT molecular complexity index is 916. The molecule has 0 spiro atoms. The van der Waals surface area contributed by atoms with E-state index in [1.807, 2.05) is 6.92 Å². The molecule has 1 aliphatic rings. The minimum atomic E-state index is -1.26. The van der Waals surface area contributed by atoms with Crippen molar-refractivity contribution in [1.29, 1.82) is 0 Å². The SMILES string of the molecule is CCOc1ccc(NC(=O)C(C)O)c(N2C=CC=CC(C(=O)OC)=C2C(=O)OC)c1. The average Bonchev–Trinajstić information content (AvgIpc) is 2.96. The van der Waals surface area contributed by atoms with Gasteiger partial charge >= 0.3 is 11.9 Å². The number of ether oxygens (including phenoxy) is 3. The highest BCUT2D eigenvalue weighted by molar-refractivity contribution is 6.07. The van der Waals surface area contributed by atoms with Crippen LogP contribution >= 0.6 is 0 Å². The van der Waals surface area contributed by atoms with Crippen molar-refractivity contribution in [1.82, 2.24) is 0 Å². The fraction of sp³-hybridized carbons (Fsp3) is 0.286. The molecule has 160 valence electrons. The minimum absolute atomic E-state index is 0.0380. The maximum Gasteiger partial charge on any atom is 0.355 e. The van der Waals surface area contributed by atoms with E-state index in [1.165, 1.54) is 38.3 Å². The molecule has 1 heterocycles. The second kappa shape index (κ2) is 10.3. The van der Waals surface area contributed by atoms with Crippen LogP contribution in [-0.4, -0.2) is 49.9 Å². The van der Waals surface area contributed by atoms with E-state index in [0.717, 1.165) is 0 Å².